The third-order valence-electron chi connectivity index (χ3n) is 3.30. The third-order valence-corrected chi connectivity index (χ3v) is 4.08. The van der Waals surface area contributed by atoms with Crippen LogP contribution < -0.4 is 5.43 Å². The van der Waals surface area contributed by atoms with E-state index in [1.807, 2.05) is 25.3 Å². The van der Waals surface area contributed by atoms with E-state index in [9.17, 15) is 14.7 Å². The van der Waals surface area contributed by atoms with Crippen molar-refractivity contribution in [2.24, 2.45) is 0 Å². The molecule has 2 rings (SSSR count). The smallest absolute Gasteiger partial charge is 0.352 e. The number of aromatic nitrogens is 1. The van der Waals surface area contributed by atoms with Crippen LogP contribution in [0.4, 0.5) is 0 Å². The van der Waals surface area contributed by atoms with Crippen molar-refractivity contribution >= 4 is 41.0 Å². The van der Waals surface area contributed by atoms with Gasteiger partial charge in [0.15, 0.2) is 5.43 Å². The number of carboxylic acids is 1. The number of thioether (sulfide) groups is 1. The van der Waals surface area contributed by atoms with Crippen LogP contribution in [0.25, 0.3) is 10.9 Å². The molecule has 2 N–H and O–H groups in total. The first-order valence-corrected chi connectivity index (χ1v) is 7.77. The first-order chi connectivity index (χ1) is 9.60. The summed E-state index contributed by atoms with van der Waals surface area (Å²) in [6.07, 6.45) is 4.12. The zero-order chi connectivity index (χ0) is 14.7. The van der Waals surface area contributed by atoms with Gasteiger partial charge in [-0.1, -0.05) is 19.4 Å². The second-order valence-corrected chi connectivity index (χ2v) is 5.45. The number of aromatic carboxylic acids is 1. The van der Waals surface area contributed by atoms with Gasteiger partial charge in [-0.3, -0.25) is 4.79 Å². The van der Waals surface area contributed by atoms with Crippen LogP contribution in [0, 0.1) is 0 Å². The number of hydrogen-bond acceptors (Lipinski definition) is 3. The van der Waals surface area contributed by atoms with Gasteiger partial charge in [0.2, 0.25) is 0 Å². The highest BCUT2D eigenvalue weighted by Crippen LogP contribution is 2.24. The molecular weight excluding hydrogens is 310 g/mol. The molecule has 1 aromatic carbocycles. The Labute approximate surface area is 133 Å². The Morgan fingerprint density at radius 1 is 1.38 bits per heavy atom. The van der Waals surface area contributed by atoms with E-state index in [4.69, 9.17) is 0 Å². The molecule has 0 amide bonds. The monoisotopic (exact) mass is 327 g/mol. The van der Waals surface area contributed by atoms with Crippen molar-refractivity contribution in [3.63, 3.8) is 0 Å². The molecule has 0 saturated heterocycles. The summed E-state index contributed by atoms with van der Waals surface area (Å²) in [6, 6.07) is 5.44. The minimum Gasteiger partial charge on any atom is -0.477 e. The molecule has 0 bridgehead atoms. The van der Waals surface area contributed by atoms with Crippen LogP contribution in [0.2, 0.25) is 0 Å². The number of H-pyrrole nitrogens is 1. The summed E-state index contributed by atoms with van der Waals surface area (Å²) in [6.45, 7) is 2.02. The molecule has 114 valence electrons. The normalized spacial score (nSPS) is 10.4. The van der Waals surface area contributed by atoms with Crippen LogP contribution in [0.15, 0.2) is 27.9 Å². The Balaban J connectivity index is 0.00000220. The minimum absolute atomic E-state index is 0. The fourth-order valence-corrected chi connectivity index (χ4v) is 2.91. The first-order valence-electron chi connectivity index (χ1n) is 6.55. The summed E-state index contributed by atoms with van der Waals surface area (Å²) < 4.78 is 0. The van der Waals surface area contributed by atoms with Crippen LogP contribution in [-0.2, 0) is 6.42 Å². The number of pyridine rings is 1. The fourth-order valence-electron chi connectivity index (χ4n) is 2.29. The second kappa shape index (κ2) is 7.52. The van der Waals surface area contributed by atoms with Crippen LogP contribution in [0.3, 0.4) is 0 Å². The van der Waals surface area contributed by atoms with Gasteiger partial charge in [0.05, 0.1) is 10.9 Å². The maximum atomic E-state index is 12.6. The topological polar surface area (TPSA) is 70.2 Å². The van der Waals surface area contributed by atoms with Crippen molar-refractivity contribution in [1.29, 1.82) is 0 Å². The van der Waals surface area contributed by atoms with E-state index in [1.54, 1.807) is 6.07 Å². The van der Waals surface area contributed by atoms with Gasteiger partial charge in [-0.15, -0.1) is 24.2 Å². The molecule has 6 heteroatoms. The van der Waals surface area contributed by atoms with Gasteiger partial charge in [-0.2, -0.15) is 0 Å². The highest BCUT2D eigenvalue weighted by Gasteiger charge is 2.18. The summed E-state index contributed by atoms with van der Waals surface area (Å²) in [5, 5.41) is 9.89. The minimum atomic E-state index is -1.08. The molecule has 4 nitrogen and oxygen atoms in total. The van der Waals surface area contributed by atoms with Gasteiger partial charge >= 0.3 is 5.97 Å². The lowest BCUT2D eigenvalue weighted by molar-refractivity contribution is 0.0689. The van der Waals surface area contributed by atoms with Crippen LogP contribution in [-0.4, -0.2) is 22.3 Å². The highest BCUT2D eigenvalue weighted by molar-refractivity contribution is 7.98. The number of carboxylic acid groups (broad SMARTS) is 1. The molecule has 0 aliphatic carbocycles. The van der Waals surface area contributed by atoms with Gasteiger partial charge in [0.25, 0.3) is 0 Å². The Morgan fingerprint density at radius 3 is 2.67 bits per heavy atom. The van der Waals surface area contributed by atoms with E-state index < -0.39 is 5.97 Å². The lowest BCUT2D eigenvalue weighted by Gasteiger charge is -2.10. The number of carbonyl (C=O) groups is 1. The maximum absolute atomic E-state index is 12.6. The van der Waals surface area contributed by atoms with Gasteiger partial charge in [0, 0.05) is 10.5 Å². The average Bonchev–Trinajstić information content (AvgIpc) is 2.45. The predicted molar refractivity (Wildman–Crippen MR) is 89.2 cm³/mol. The molecule has 0 spiro atoms. The number of fused-ring (bicyclic) bond motifs is 1. The van der Waals surface area contributed by atoms with Gasteiger partial charge in [-0.25, -0.2) is 4.79 Å². The highest BCUT2D eigenvalue weighted by atomic mass is 35.5. The van der Waals surface area contributed by atoms with E-state index in [0.29, 0.717) is 22.9 Å². The van der Waals surface area contributed by atoms with E-state index in [1.165, 1.54) is 11.8 Å². The number of unbranched alkanes of at least 4 members (excludes halogenated alkanes) is 1. The molecule has 21 heavy (non-hydrogen) atoms. The molecule has 0 atom stereocenters. The molecule has 0 radical (unpaired) electrons. The van der Waals surface area contributed by atoms with Crippen molar-refractivity contribution < 1.29 is 9.90 Å². The Hall–Kier alpha value is -1.46. The predicted octanol–water partition coefficient (Wildman–Crippen LogP) is 3.71. The summed E-state index contributed by atoms with van der Waals surface area (Å²) in [7, 11) is 0. The van der Waals surface area contributed by atoms with Crippen molar-refractivity contribution in [2.75, 3.05) is 6.26 Å². The van der Waals surface area contributed by atoms with Crippen LogP contribution in [0.5, 0.6) is 0 Å². The summed E-state index contributed by atoms with van der Waals surface area (Å²) in [5.74, 6) is -1.08. The van der Waals surface area contributed by atoms with E-state index >= 15 is 0 Å². The number of aromatic amines is 1. The fraction of sp³-hybridized carbons (Fsp3) is 0.333. The van der Waals surface area contributed by atoms with Crippen molar-refractivity contribution in [3.05, 3.63) is 39.7 Å². The Morgan fingerprint density at radius 2 is 2.10 bits per heavy atom. The molecule has 0 aliphatic heterocycles. The van der Waals surface area contributed by atoms with E-state index in [2.05, 4.69) is 4.98 Å². The van der Waals surface area contributed by atoms with Crippen LogP contribution in [0.1, 0.15) is 35.8 Å². The zero-order valence-corrected chi connectivity index (χ0v) is 13.6. The summed E-state index contributed by atoms with van der Waals surface area (Å²) in [4.78, 5) is 27.8. The second-order valence-electron chi connectivity index (χ2n) is 4.60. The van der Waals surface area contributed by atoms with E-state index in [0.717, 1.165) is 17.7 Å². The van der Waals surface area contributed by atoms with E-state index in [-0.39, 0.29) is 23.5 Å². The number of rotatable bonds is 5. The summed E-state index contributed by atoms with van der Waals surface area (Å²) >= 11 is 1.49. The van der Waals surface area contributed by atoms with Gasteiger partial charge in [0.1, 0.15) is 5.69 Å². The van der Waals surface area contributed by atoms with Crippen molar-refractivity contribution in [3.8, 4) is 0 Å². The molecule has 2 aromatic rings. The number of halogens is 1. The van der Waals surface area contributed by atoms with Crippen molar-refractivity contribution in [2.45, 2.75) is 31.1 Å². The van der Waals surface area contributed by atoms with Gasteiger partial charge < -0.3 is 10.1 Å². The molecule has 0 fully saturated rings. The van der Waals surface area contributed by atoms with Gasteiger partial charge in [-0.05, 0) is 31.2 Å². The molecule has 0 saturated carbocycles. The van der Waals surface area contributed by atoms with Crippen LogP contribution >= 0.6 is 24.2 Å². The zero-order valence-electron chi connectivity index (χ0n) is 11.9. The van der Waals surface area contributed by atoms with Crippen molar-refractivity contribution in [1.82, 2.24) is 4.98 Å². The molecular formula is C15H18ClNO3S. The third kappa shape index (κ3) is 3.41. The number of benzene rings is 1. The molecule has 0 aliphatic rings. The molecule has 1 aromatic heterocycles. The number of hydrogen-bond donors (Lipinski definition) is 2. The quantitative estimate of drug-likeness (QED) is 0.821. The SMILES string of the molecule is CCCCc1c(C(=O)O)[nH]c2cccc(SC)c2c1=O.Cl. The Kier molecular flexibility index (Phi) is 6.30. The molecule has 1 heterocycles. The maximum Gasteiger partial charge on any atom is 0.352 e. The number of nitrogens with one attached hydrogen (secondary N) is 1. The average molecular weight is 328 g/mol. The Bertz CT molecular complexity index is 712. The lowest BCUT2D eigenvalue weighted by Crippen LogP contribution is -2.19. The summed E-state index contributed by atoms with van der Waals surface area (Å²) in [5.41, 5.74) is 0.830. The lowest BCUT2D eigenvalue weighted by atomic mass is 10.0. The standard InChI is InChI=1S/C15H17NO3S.ClH/c1-3-4-6-9-13(15(18)19)16-10-7-5-8-11(20-2)12(10)14(9)17;/h5,7-8H,3-4,6H2,1-2H3,(H,16,17)(H,18,19);1H. The first kappa shape index (κ1) is 17.6. The largest absolute Gasteiger partial charge is 0.477 e. The molecule has 0 unspecified atom stereocenters.